The number of nitrogens with one attached hydrogen (secondary N) is 2. The molecule has 1 amide bonds. The minimum Gasteiger partial charge on any atom is -0.352 e. The van der Waals surface area contributed by atoms with Crippen molar-refractivity contribution in [2.45, 2.75) is 71.4 Å². The van der Waals surface area contributed by atoms with E-state index in [-0.39, 0.29) is 11.9 Å². The molecule has 3 heteroatoms. The van der Waals surface area contributed by atoms with E-state index in [4.69, 9.17) is 0 Å². The van der Waals surface area contributed by atoms with E-state index in [9.17, 15) is 4.79 Å². The van der Waals surface area contributed by atoms with Gasteiger partial charge in [0.1, 0.15) is 0 Å². The molecule has 0 bridgehead atoms. The van der Waals surface area contributed by atoms with Gasteiger partial charge < -0.3 is 10.6 Å². The average molecular weight is 266 g/mol. The van der Waals surface area contributed by atoms with Crippen LogP contribution < -0.4 is 10.6 Å². The number of amides is 1. The highest BCUT2D eigenvalue weighted by molar-refractivity contribution is 5.82. The van der Waals surface area contributed by atoms with Crippen molar-refractivity contribution in [3.63, 3.8) is 0 Å². The lowest BCUT2D eigenvalue weighted by Gasteiger charge is -2.21. The van der Waals surface area contributed by atoms with Crippen molar-refractivity contribution in [1.29, 1.82) is 0 Å². The van der Waals surface area contributed by atoms with Gasteiger partial charge in [0.15, 0.2) is 0 Å². The molecule has 1 saturated heterocycles. The number of rotatable bonds is 6. The maximum Gasteiger partial charge on any atom is 0.237 e. The van der Waals surface area contributed by atoms with Crippen molar-refractivity contribution in [2.75, 3.05) is 6.54 Å². The lowest BCUT2D eigenvalue weighted by Crippen LogP contribution is -2.46. The first-order chi connectivity index (χ1) is 9.08. The van der Waals surface area contributed by atoms with E-state index in [1.807, 2.05) is 0 Å². The Morgan fingerprint density at radius 1 is 1.26 bits per heavy atom. The van der Waals surface area contributed by atoms with Crippen molar-refractivity contribution < 1.29 is 4.79 Å². The van der Waals surface area contributed by atoms with E-state index in [1.165, 1.54) is 32.1 Å². The van der Waals surface area contributed by atoms with Gasteiger partial charge >= 0.3 is 0 Å². The van der Waals surface area contributed by atoms with Crippen LogP contribution in [0, 0.1) is 17.8 Å². The molecular formula is C16H30N2O. The van der Waals surface area contributed by atoms with Gasteiger partial charge in [-0.15, -0.1) is 0 Å². The Hall–Kier alpha value is -0.570. The molecule has 2 N–H and O–H groups in total. The summed E-state index contributed by atoms with van der Waals surface area (Å²) >= 11 is 0. The first kappa shape index (κ1) is 14.8. The molecule has 4 unspecified atom stereocenters. The van der Waals surface area contributed by atoms with Crippen molar-refractivity contribution in [3.8, 4) is 0 Å². The third-order valence-corrected chi connectivity index (χ3v) is 4.84. The van der Waals surface area contributed by atoms with E-state index < -0.39 is 0 Å². The molecule has 19 heavy (non-hydrogen) atoms. The van der Waals surface area contributed by atoms with Gasteiger partial charge in [-0.05, 0) is 50.5 Å². The van der Waals surface area contributed by atoms with Crippen molar-refractivity contribution in [1.82, 2.24) is 10.6 Å². The number of fused-ring (bicyclic) bond motifs is 1. The van der Waals surface area contributed by atoms with Crippen LogP contribution in [0.2, 0.25) is 0 Å². The molecule has 0 aromatic heterocycles. The van der Waals surface area contributed by atoms with Gasteiger partial charge in [0, 0.05) is 6.04 Å². The first-order valence-electron chi connectivity index (χ1n) is 8.11. The zero-order valence-corrected chi connectivity index (χ0v) is 12.7. The van der Waals surface area contributed by atoms with Crippen molar-refractivity contribution in [2.24, 2.45) is 17.8 Å². The number of carbonyl (C=O) groups excluding carboxylic acids is 1. The normalized spacial score (nSPS) is 31.5. The Labute approximate surface area is 117 Å². The molecule has 0 aromatic carbocycles. The second-order valence-corrected chi connectivity index (χ2v) is 6.98. The van der Waals surface area contributed by atoms with E-state index >= 15 is 0 Å². The maximum absolute atomic E-state index is 12.3. The van der Waals surface area contributed by atoms with Gasteiger partial charge in [0.2, 0.25) is 5.91 Å². The Bertz CT molecular complexity index is 303. The molecular weight excluding hydrogens is 236 g/mol. The molecule has 3 nitrogen and oxygen atoms in total. The molecule has 0 spiro atoms. The summed E-state index contributed by atoms with van der Waals surface area (Å²) in [5, 5.41) is 6.63. The lowest BCUT2D eigenvalue weighted by atomic mass is 9.93. The van der Waals surface area contributed by atoms with Crippen LogP contribution in [0.5, 0.6) is 0 Å². The fourth-order valence-corrected chi connectivity index (χ4v) is 3.71. The monoisotopic (exact) mass is 266 g/mol. The van der Waals surface area contributed by atoms with Gasteiger partial charge in [-0.2, -0.15) is 0 Å². The van der Waals surface area contributed by atoms with E-state index in [2.05, 4.69) is 31.4 Å². The summed E-state index contributed by atoms with van der Waals surface area (Å²) in [6, 6.07) is 0.397. The molecule has 0 aromatic rings. The summed E-state index contributed by atoms with van der Waals surface area (Å²) < 4.78 is 0. The Morgan fingerprint density at radius 2 is 2.05 bits per heavy atom. The van der Waals surface area contributed by atoms with Crippen LogP contribution in [0.25, 0.3) is 0 Å². The van der Waals surface area contributed by atoms with Crippen molar-refractivity contribution >= 4 is 5.91 Å². The highest BCUT2D eigenvalue weighted by atomic mass is 16.2. The molecule has 1 aliphatic carbocycles. The van der Waals surface area contributed by atoms with E-state index in [0.29, 0.717) is 12.0 Å². The predicted molar refractivity (Wildman–Crippen MR) is 78.9 cm³/mol. The summed E-state index contributed by atoms with van der Waals surface area (Å²) in [5.74, 6) is 2.36. The smallest absolute Gasteiger partial charge is 0.237 e. The minimum atomic E-state index is 0.0834. The zero-order valence-electron chi connectivity index (χ0n) is 12.7. The highest BCUT2D eigenvalue weighted by Crippen LogP contribution is 2.37. The highest BCUT2D eigenvalue weighted by Gasteiger charge is 2.42. The topological polar surface area (TPSA) is 41.1 Å². The second kappa shape index (κ2) is 6.74. The fraction of sp³-hybridized carbons (Fsp3) is 0.938. The standard InChI is InChI=1S/C16H30N2O/c1-11(2)6-4-7-12(3)18-16(19)15-14-9-5-8-13(14)10-17-15/h11-15,17H,4-10H2,1-3H3,(H,18,19). The molecule has 110 valence electrons. The molecule has 4 atom stereocenters. The molecule has 1 saturated carbocycles. The van der Waals surface area contributed by atoms with Crippen LogP contribution in [0.4, 0.5) is 0 Å². The van der Waals surface area contributed by atoms with Gasteiger partial charge in [-0.25, -0.2) is 0 Å². The van der Waals surface area contributed by atoms with Gasteiger partial charge in [-0.1, -0.05) is 33.1 Å². The summed E-state index contributed by atoms with van der Waals surface area (Å²) in [6.45, 7) is 7.70. The van der Waals surface area contributed by atoms with Gasteiger partial charge in [-0.3, -0.25) is 4.79 Å². The van der Waals surface area contributed by atoms with Crippen LogP contribution in [0.1, 0.15) is 59.3 Å². The lowest BCUT2D eigenvalue weighted by molar-refractivity contribution is -0.124. The van der Waals surface area contributed by atoms with Crippen LogP contribution in [0.3, 0.4) is 0 Å². The summed E-state index contributed by atoms with van der Waals surface area (Å²) in [6.07, 6.45) is 7.42. The Balaban J connectivity index is 1.71. The summed E-state index contributed by atoms with van der Waals surface area (Å²) in [4.78, 5) is 12.3. The average Bonchev–Trinajstić information content (AvgIpc) is 2.88. The largest absolute Gasteiger partial charge is 0.352 e. The summed E-state index contributed by atoms with van der Waals surface area (Å²) in [5.41, 5.74) is 0. The van der Waals surface area contributed by atoms with Crippen LogP contribution >= 0.6 is 0 Å². The minimum absolute atomic E-state index is 0.0834. The second-order valence-electron chi connectivity index (χ2n) is 6.98. The van der Waals surface area contributed by atoms with Crippen LogP contribution in [0.15, 0.2) is 0 Å². The summed E-state index contributed by atoms with van der Waals surface area (Å²) in [7, 11) is 0. The molecule has 1 heterocycles. The number of hydrogen-bond acceptors (Lipinski definition) is 2. The number of carbonyl (C=O) groups is 1. The van der Waals surface area contributed by atoms with E-state index in [0.717, 1.165) is 24.8 Å². The molecule has 1 aliphatic heterocycles. The fourth-order valence-electron chi connectivity index (χ4n) is 3.71. The first-order valence-corrected chi connectivity index (χ1v) is 8.11. The Morgan fingerprint density at radius 3 is 2.79 bits per heavy atom. The third kappa shape index (κ3) is 3.95. The molecule has 0 radical (unpaired) electrons. The van der Waals surface area contributed by atoms with Gasteiger partial charge in [0.05, 0.1) is 6.04 Å². The van der Waals surface area contributed by atoms with Gasteiger partial charge in [0.25, 0.3) is 0 Å². The Kier molecular flexibility index (Phi) is 5.26. The van der Waals surface area contributed by atoms with Crippen LogP contribution in [-0.2, 0) is 4.79 Å². The van der Waals surface area contributed by atoms with E-state index in [1.54, 1.807) is 0 Å². The molecule has 2 rings (SSSR count). The maximum atomic E-state index is 12.3. The van der Waals surface area contributed by atoms with Crippen molar-refractivity contribution in [3.05, 3.63) is 0 Å². The van der Waals surface area contributed by atoms with Crippen LogP contribution in [-0.4, -0.2) is 24.5 Å². The predicted octanol–water partition coefficient (Wildman–Crippen LogP) is 2.71. The number of hydrogen-bond donors (Lipinski definition) is 2. The third-order valence-electron chi connectivity index (χ3n) is 4.84. The molecule has 2 fully saturated rings. The quantitative estimate of drug-likeness (QED) is 0.776. The molecule has 2 aliphatic rings. The zero-order chi connectivity index (χ0) is 13.8. The SMILES string of the molecule is CC(C)CCCC(C)NC(=O)C1NCC2CCCC21.